The average molecular weight is 340 g/mol. The lowest BCUT2D eigenvalue weighted by Crippen LogP contribution is -2.45. The van der Waals surface area contributed by atoms with Crippen LogP contribution in [-0.2, 0) is 9.53 Å². The van der Waals surface area contributed by atoms with Crippen LogP contribution in [0.5, 0.6) is 0 Å². The van der Waals surface area contributed by atoms with Gasteiger partial charge in [0, 0.05) is 31.6 Å². The smallest absolute Gasteiger partial charge is 0.224 e. The van der Waals surface area contributed by atoms with Gasteiger partial charge in [-0.05, 0) is 37.8 Å². The molecule has 0 radical (unpaired) electrons. The normalized spacial score (nSPS) is 23.8. The zero-order valence-corrected chi connectivity index (χ0v) is 14.4. The highest BCUT2D eigenvalue weighted by molar-refractivity contribution is 5.89. The van der Waals surface area contributed by atoms with E-state index in [0.717, 1.165) is 55.6 Å². The summed E-state index contributed by atoms with van der Waals surface area (Å²) in [5.41, 5.74) is 0.942. The van der Waals surface area contributed by atoms with E-state index in [-0.39, 0.29) is 17.9 Å². The number of nitrogens with zero attached hydrogens (tertiary/aromatic N) is 3. The van der Waals surface area contributed by atoms with E-state index in [1.54, 1.807) is 6.33 Å². The molecule has 2 aliphatic rings. The SMILES string of the molecule is O=C(NCC1CCCO1)C1CCCN(c2ncnc3ccccc23)C1. The van der Waals surface area contributed by atoms with Gasteiger partial charge in [-0.25, -0.2) is 9.97 Å². The van der Waals surface area contributed by atoms with Gasteiger partial charge in [-0.1, -0.05) is 12.1 Å². The number of para-hydroxylation sites is 1. The standard InChI is InChI=1S/C19H24N4O2/c24-19(20-11-15-6-4-10-25-15)14-5-3-9-23(12-14)18-16-7-1-2-8-17(16)21-13-22-18/h1-2,7-8,13-15H,3-6,9-12H2,(H,20,24). The average Bonchev–Trinajstić information content (AvgIpc) is 3.19. The minimum Gasteiger partial charge on any atom is -0.376 e. The van der Waals surface area contributed by atoms with E-state index in [9.17, 15) is 4.79 Å². The number of anilines is 1. The number of benzene rings is 1. The summed E-state index contributed by atoms with van der Waals surface area (Å²) < 4.78 is 5.59. The van der Waals surface area contributed by atoms with Crippen molar-refractivity contribution in [3.63, 3.8) is 0 Å². The first kappa shape index (κ1) is 16.3. The number of fused-ring (bicyclic) bond motifs is 1. The second-order valence-electron chi connectivity index (χ2n) is 6.88. The number of carbonyl (C=O) groups is 1. The molecule has 1 amide bonds. The minimum atomic E-state index is 0.00359. The van der Waals surface area contributed by atoms with Gasteiger partial charge < -0.3 is 15.0 Å². The van der Waals surface area contributed by atoms with E-state index >= 15 is 0 Å². The maximum Gasteiger partial charge on any atom is 0.224 e. The van der Waals surface area contributed by atoms with Crippen LogP contribution in [-0.4, -0.2) is 48.2 Å². The number of rotatable bonds is 4. The quantitative estimate of drug-likeness (QED) is 0.924. The number of piperidine rings is 1. The summed E-state index contributed by atoms with van der Waals surface area (Å²) in [6.45, 7) is 3.08. The van der Waals surface area contributed by atoms with Crippen LogP contribution in [0.3, 0.4) is 0 Å². The highest BCUT2D eigenvalue weighted by Crippen LogP contribution is 2.27. The Kier molecular flexibility index (Phi) is 4.78. The summed E-state index contributed by atoms with van der Waals surface area (Å²) in [5, 5.41) is 4.13. The molecular weight excluding hydrogens is 316 g/mol. The van der Waals surface area contributed by atoms with Crippen molar-refractivity contribution >= 4 is 22.6 Å². The molecule has 1 aromatic heterocycles. The summed E-state index contributed by atoms with van der Waals surface area (Å²) in [6.07, 6.45) is 5.86. The van der Waals surface area contributed by atoms with Crippen molar-refractivity contribution in [3.8, 4) is 0 Å². The predicted molar refractivity (Wildman–Crippen MR) is 96.5 cm³/mol. The molecule has 2 aliphatic heterocycles. The maximum absolute atomic E-state index is 12.6. The Morgan fingerprint density at radius 3 is 3.04 bits per heavy atom. The van der Waals surface area contributed by atoms with Gasteiger partial charge in [0.2, 0.25) is 5.91 Å². The second-order valence-corrected chi connectivity index (χ2v) is 6.88. The summed E-state index contributed by atoms with van der Waals surface area (Å²) >= 11 is 0. The number of carbonyl (C=O) groups excluding carboxylic acids is 1. The van der Waals surface area contributed by atoms with Crippen molar-refractivity contribution < 1.29 is 9.53 Å². The lowest BCUT2D eigenvalue weighted by molar-refractivity contribution is -0.125. The molecule has 2 saturated heterocycles. The molecule has 2 unspecified atom stereocenters. The molecule has 1 N–H and O–H groups in total. The molecule has 1 aromatic carbocycles. The third-order valence-electron chi connectivity index (χ3n) is 5.14. The molecular formula is C19H24N4O2. The minimum absolute atomic E-state index is 0.00359. The van der Waals surface area contributed by atoms with Gasteiger partial charge in [0.25, 0.3) is 0 Å². The number of nitrogens with one attached hydrogen (secondary N) is 1. The third kappa shape index (κ3) is 3.58. The zero-order valence-electron chi connectivity index (χ0n) is 14.4. The molecule has 0 spiro atoms. The lowest BCUT2D eigenvalue weighted by atomic mass is 9.96. The Labute approximate surface area is 147 Å². The molecule has 2 aromatic rings. The number of hydrogen-bond donors (Lipinski definition) is 1. The van der Waals surface area contributed by atoms with Crippen molar-refractivity contribution in [1.29, 1.82) is 0 Å². The first-order valence-corrected chi connectivity index (χ1v) is 9.15. The van der Waals surface area contributed by atoms with Crippen molar-refractivity contribution in [3.05, 3.63) is 30.6 Å². The van der Waals surface area contributed by atoms with E-state index in [4.69, 9.17) is 4.74 Å². The molecule has 0 aliphatic carbocycles. The van der Waals surface area contributed by atoms with Crippen molar-refractivity contribution in [2.45, 2.75) is 31.8 Å². The van der Waals surface area contributed by atoms with Gasteiger partial charge in [0.05, 0.1) is 17.5 Å². The van der Waals surface area contributed by atoms with E-state index in [1.807, 2.05) is 24.3 Å². The van der Waals surface area contributed by atoms with Gasteiger partial charge in [-0.15, -0.1) is 0 Å². The fraction of sp³-hybridized carbons (Fsp3) is 0.526. The van der Waals surface area contributed by atoms with Crippen LogP contribution in [0.2, 0.25) is 0 Å². The topological polar surface area (TPSA) is 67.3 Å². The van der Waals surface area contributed by atoms with Crippen LogP contribution in [0.4, 0.5) is 5.82 Å². The second kappa shape index (κ2) is 7.35. The fourth-order valence-electron chi connectivity index (χ4n) is 3.79. The Morgan fingerprint density at radius 1 is 1.24 bits per heavy atom. The molecule has 25 heavy (non-hydrogen) atoms. The largest absolute Gasteiger partial charge is 0.376 e. The number of hydrogen-bond acceptors (Lipinski definition) is 5. The predicted octanol–water partition coefficient (Wildman–Crippen LogP) is 2.14. The van der Waals surface area contributed by atoms with E-state index < -0.39 is 0 Å². The first-order valence-electron chi connectivity index (χ1n) is 9.15. The van der Waals surface area contributed by atoms with Crippen LogP contribution in [0, 0.1) is 5.92 Å². The Hall–Kier alpha value is -2.21. The monoisotopic (exact) mass is 340 g/mol. The molecule has 0 saturated carbocycles. The summed E-state index contributed by atoms with van der Waals surface area (Å²) in [5.74, 6) is 1.07. The van der Waals surface area contributed by atoms with Crippen LogP contribution in [0.25, 0.3) is 10.9 Å². The molecule has 6 nitrogen and oxygen atoms in total. The van der Waals surface area contributed by atoms with E-state index in [1.165, 1.54) is 0 Å². The van der Waals surface area contributed by atoms with Gasteiger partial charge in [-0.2, -0.15) is 0 Å². The molecule has 2 fully saturated rings. The number of ether oxygens (including phenoxy) is 1. The summed E-state index contributed by atoms with van der Waals surface area (Å²) in [4.78, 5) is 23.6. The highest BCUT2D eigenvalue weighted by Gasteiger charge is 2.28. The van der Waals surface area contributed by atoms with Crippen molar-refractivity contribution in [2.75, 3.05) is 31.1 Å². The first-order chi connectivity index (χ1) is 12.3. The van der Waals surface area contributed by atoms with Crippen LogP contribution >= 0.6 is 0 Å². The Morgan fingerprint density at radius 2 is 2.16 bits per heavy atom. The lowest BCUT2D eigenvalue weighted by Gasteiger charge is -2.33. The van der Waals surface area contributed by atoms with E-state index in [0.29, 0.717) is 13.1 Å². The van der Waals surface area contributed by atoms with Gasteiger partial charge in [0.1, 0.15) is 12.1 Å². The Bertz CT molecular complexity index is 740. The molecule has 132 valence electrons. The molecule has 6 heteroatoms. The van der Waals surface area contributed by atoms with Gasteiger partial charge >= 0.3 is 0 Å². The van der Waals surface area contributed by atoms with Gasteiger partial charge in [-0.3, -0.25) is 4.79 Å². The summed E-state index contributed by atoms with van der Waals surface area (Å²) in [7, 11) is 0. The van der Waals surface area contributed by atoms with Crippen LogP contribution in [0.15, 0.2) is 30.6 Å². The summed E-state index contributed by atoms with van der Waals surface area (Å²) in [6, 6.07) is 8.03. The fourth-order valence-corrected chi connectivity index (χ4v) is 3.79. The zero-order chi connectivity index (χ0) is 17.1. The van der Waals surface area contributed by atoms with E-state index in [2.05, 4.69) is 20.2 Å². The molecule has 2 atom stereocenters. The third-order valence-corrected chi connectivity index (χ3v) is 5.14. The van der Waals surface area contributed by atoms with Crippen molar-refractivity contribution in [1.82, 2.24) is 15.3 Å². The number of aromatic nitrogens is 2. The highest BCUT2D eigenvalue weighted by atomic mass is 16.5. The molecule has 3 heterocycles. The number of amides is 1. The van der Waals surface area contributed by atoms with Gasteiger partial charge in [0.15, 0.2) is 0 Å². The maximum atomic E-state index is 12.6. The van der Waals surface area contributed by atoms with Crippen molar-refractivity contribution in [2.24, 2.45) is 5.92 Å². The molecule has 0 bridgehead atoms. The van der Waals surface area contributed by atoms with Crippen LogP contribution < -0.4 is 10.2 Å². The Balaban J connectivity index is 1.44. The van der Waals surface area contributed by atoms with Crippen LogP contribution in [0.1, 0.15) is 25.7 Å². The molecule has 4 rings (SSSR count).